The first-order valence-electron chi connectivity index (χ1n) is 16.7. The average molecular weight is 580 g/mol. The maximum absolute atomic E-state index is 4.40. The predicted octanol–water partition coefficient (Wildman–Crippen LogP) is 13.1. The molecule has 0 aliphatic heterocycles. The fourth-order valence-corrected chi connectivity index (χ4v) is 4.25. The van der Waals surface area contributed by atoms with Gasteiger partial charge in [0.05, 0.1) is 0 Å². The fraction of sp³-hybridized carbons (Fsp3) is 0.615. The zero-order chi connectivity index (χ0) is 33.4. The molecule has 240 valence electrons. The molecule has 3 rings (SSSR count). The van der Waals surface area contributed by atoms with E-state index in [4.69, 9.17) is 0 Å². The second-order valence-electron chi connectivity index (χ2n) is 11.4. The Morgan fingerprint density at radius 1 is 0.381 bits per heavy atom. The van der Waals surface area contributed by atoms with Crippen molar-refractivity contribution in [3.63, 3.8) is 0 Å². The summed E-state index contributed by atoms with van der Waals surface area (Å²) in [5.74, 6) is 3.47. The maximum Gasteiger partial charge on any atom is 0.0463 e. The summed E-state index contributed by atoms with van der Waals surface area (Å²) in [5, 5.41) is 0. The van der Waals surface area contributed by atoms with Crippen molar-refractivity contribution in [2.75, 3.05) is 0 Å². The molecule has 0 bridgehead atoms. The highest BCUT2D eigenvalue weighted by atomic mass is 14.7. The summed E-state index contributed by atoms with van der Waals surface area (Å²) >= 11 is 0. The largest absolute Gasteiger partial charge is 0.264 e. The smallest absolute Gasteiger partial charge is 0.0463 e. The van der Waals surface area contributed by atoms with Gasteiger partial charge >= 0.3 is 0 Å². The lowest BCUT2D eigenvalue weighted by atomic mass is 9.93. The van der Waals surface area contributed by atoms with Crippen LogP contribution in [0, 0.1) is 0 Å². The Balaban J connectivity index is -0.000000497. The Kier molecular flexibility index (Phi) is 27.3. The number of pyridine rings is 3. The molecule has 0 radical (unpaired) electrons. The van der Waals surface area contributed by atoms with Gasteiger partial charge in [-0.05, 0) is 81.5 Å². The lowest BCUT2D eigenvalue weighted by Gasteiger charge is -2.14. The van der Waals surface area contributed by atoms with Gasteiger partial charge in [0.1, 0.15) is 0 Å². The van der Waals surface area contributed by atoms with Gasteiger partial charge in [0.2, 0.25) is 0 Å². The number of nitrogens with zero attached hydrogens (tertiary/aromatic N) is 3. The Bertz CT molecular complexity index is 804. The summed E-state index contributed by atoms with van der Waals surface area (Å²) in [5.41, 5.74) is 8.25. The monoisotopic (exact) mass is 580 g/mol. The van der Waals surface area contributed by atoms with Gasteiger partial charge in [-0.15, -0.1) is 0 Å². The number of rotatable bonds is 6. The lowest BCUT2D eigenvalue weighted by Crippen LogP contribution is -2.00. The molecule has 0 aliphatic rings. The molecule has 42 heavy (non-hydrogen) atoms. The summed E-state index contributed by atoms with van der Waals surface area (Å²) in [4.78, 5) is 12.7. The molecular weight excluding hydrogens is 510 g/mol. The Morgan fingerprint density at radius 2 is 0.714 bits per heavy atom. The zero-order valence-electron chi connectivity index (χ0n) is 31.0. The summed E-state index contributed by atoms with van der Waals surface area (Å²) in [6.07, 6.45) is 9.60. The minimum atomic E-state index is 0.531. The molecule has 0 atom stereocenters. The predicted molar refractivity (Wildman–Crippen MR) is 191 cm³/mol. The van der Waals surface area contributed by atoms with E-state index in [-0.39, 0.29) is 0 Å². The van der Waals surface area contributed by atoms with Crippen LogP contribution in [0.2, 0.25) is 0 Å². The highest BCUT2D eigenvalue weighted by Crippen LogP contribution is 2.25. The first-order valence-corrected chi connectivity index (χ1v) is 16.7. The molecule has 3 heterocycles. The van der Waals surface area contributed by atoms with E-state index in [0.29, 0.717) is 35.5 Å². The molecule has 3 aromatic rings. The van der Waals surface area contributed by atoms with Crippen LogP contribution < -0.4 is 0 Å². The van der Waals surface area contributed by atoms with Gasteiger partial charge in [-0.3, -0.25) is 15.0 Å². The van der Waals surface area contributed by atoms with Gasteiger partial charge in [-0.2, -0.15) is 0 Å². The minimum Gasteiger partial charge on any atom is -0.264 e. The number of hydrogen-bond donors (Lipinski definition) is 0. The lowest BCUT2D eigenvalue weighted by molar-refractivity contribution is 0.757. The van der Waals surface area contributed by atoms with E-state index in [1.807, 2.05) is 78.6 Å². The molecule has 3 aromatic heterocycles. The molecule has 0 N–H and O–H groups in total. The van der Waals surface area contributed by atoms with Crippen molar-refractivity contribution in [3.05, 3.63) is 88.8 Å². The summed E-state index contributed by atoms with van der Waals surface area (Å²) in [6, 6.07) is 8.44. The van der Waals surface area contributed by atoms with E-state index < -0.39 is 0 Å². The normalized spacial score (nSPS) is 10.0. The average Bonchev–Trinajstić information content (AvgIpc) is 3.00. The SMILES string of the molecule is CC.CC.CC.CC(C)c1cccnc1C(C)C.CC(C)c1ccncc1C(C)C.CC(C)c1ccncc1C(C)C. The van der Waals surface area contributed by atoms with Crippen LogP contribution in [0.15, 0.2) is 55.2 Å². The Labute approximate surface area is 263 Å². The van der Waals surface area contributed by atoms with Crippen molar-refractivity contribution in [2.24, 2.45) is 0 Å². The summed E-state index contributed by atoms with van der Waals surface area (Å²) in [7, 11) is 0. The molecule has 3 heteroatoms. The standard InChI is InChI=1S/3C11H17N.3C2H6/c2*1-8(2)10-5-6-12-7-11(10)9(3)4;1-8(2)10-6-5-7-12-11(10)9(3)4;3*1-2/h3*5-9H,1-4H3;3*1-2H3. The van der Waals surface area contributed by atoms with Crippen molar-refractivity contribution in [3.8, 4) is 0 Å². The van der Waals surface area contributed by atoms with Crippen molar-refractivity contribution in [2.45, 2.75) is 160 Å². The Hall–Kier alpha value is -2.55. The second kappa shape index (κ2) is 26.1. The minimum absolute atomic E-state index is 0.531. The molecule has 0 spiro atoms. The molecule has 0 unspecified atom stereocenters. The Morgan fingerprint density at radius 3 is 0.952 bits per heavy atom. The van der Waals surface area contributed by atoms with Crippen LogP contribution in [0.25, 0.3) is 0 Å². The highest BCUT2D eigenvalue weighted by molar-refractivity contribution is 5.29. The molecule has 0 aliphatic carbocycles. The van der Waals surface area contributed by atoms with Crippen molar-refractivity contribution in [1.82, 2.24) is 15.0 Å². The van der Waals surface area contributed by atoms with Crippen LogP contribution >= 0.6 is 0 Å². The van der Waals surface area contributed by atoms with Gasteiger partial charge in [-0.1, -0.05) is 131 Å². The number of hydrogen-bond acceptors (Lipinski definition) is 3. The molecule has 0 aromatic carbocycles. The highest BCUT2D eigenvalue weighted by Gasteiger charge is 2.10. The van der Waals surface area contributed by atoms with E-state index in [0.717, 1.165) is 0 Å². The van der Waals surface area contributed by atoms with Crippen LogP contribution in [0.1, 0.15) is 194 Å². The van der Waals surface area contributed by atoms with Crippen molar-refractivity contribution < 1.29 is 0 Å². The van der Waals surface area contributed by atoms with Crippen LogP contribution in [-0.4, -0.2) is 15.0 Å². The van der Waals surface area contributed by atoms with Gasteiger partial charge < -0.3 is 0 Å². The molecule has 0 saturated heterocycles. The van der Waals surface area contributed by atoms with Gasteiger partial charge in [0.25, 0.3) is 0 Å². The summed E-state index contributed by atoms with van der Waals surface area (Å²) in [6.45, 7) is 38.5. The van der Waals surface area contributed by atoms with E-state index in [1.54, 1.807) is 0 Å². The van der Waals surface area contributed by atoms with E-state index in [2.05, 4.69) is 116 Å². The van der Waals surface area contributed by atoms with E-state index >= 15 is 0 Å². The zero-order valence-corrected chi connectivity index (χ0v) is 31.0. The van der Waals surface area contributed by atoms with E-state index in [1.165, 1.54) is 33.5 Å². The molecular formula is C39H69N3. The molecule has 0 fully saturated rings. The molecule has 0 saturated carbocycles. The van der Waals surface area contributed by atoms with Crippen LogP contribution in [0.4, 0.5) is 0 Å². The quantitative estimate of drug-likeness (QED) is 0.291. The van der Waals surface area contributed by atoms with Gasteiger partial charge in [0, 0.05) is 36.7 Å². The van der Waals surface area contributed by atoms with E-state index in [9.17, 15) is 0 Å². The molecule has 0 amide bonds. The van der Waals surface area contributed by atoms with Crippen LogP contribution in [0.5, 0.6) is 0 Å². The van der Waals surface area contributed by atoms with Gasteiger partial charge in [0.15, 0.2) is 0 Å². The third kappa shape index (κ3) is 16.8. The van der Waals surface area contributed by atoms with Crippen LogP contribution in [0.3, 0.4) is 0 Å². The maximum atomic E-state index is 4.40. The van der Waals surface area contributed by atoms with Gasteiger partial charge in [-0.25, -0.2) is 0 Å². The third-order valence-electron chi connectivity index (χ3n) is 6.30. The number of aromatic nitrogens is 3. The first-order chi connectivity index (χ1) is 19.9. The summed E-state index contributed by atoms with van der Waals surface area (Å²) < 4.78 is 0. The topological polar surface area (TPSA) is 38.7 Å². The first kappa shape index (κ1) is 43.9. The second-order valence-corrected chi connectivity index (χ2v) is 11.4. The molecule has 3 nitrogen and oxygen atoms in total. The fourth-order valence-electron chi connectivity index (χ4n) is 4.25. The third-order valence-corrected chi connectivity index (χ3v) is 6.30. The van der Waals surface area contributed by atoms with Crippen molar-refractivity contribution >= 4 is 0 Å². The van der Waals surface area contributed by atoms with Crippen LogP contribution in [-0.2, 0) is 0 Å². The van der Waals surface area contributed by atoms with Crippen molar-refractivity contribution in [1.29, 1.82) is 0 Å².